The largest absolute Gasteiger partial charge is 0.290 e. The van der Waals surface area contributed by atoms with Crippen LogP contribution in [0.25, 0.3) is 26.4 Å². The molecule has 2 aromatic heterocycles. The highest BCUT2D eigenvalue weighted by atomic mass is 127. The van der Waals surface area contributed by atoms with Crippen LogP contribution in [0.2, 0.25) is 0 Å². The lowest BCUT2D eigenvalue weighted by atomic mass is 10.1. The third kappa shape index (κ3) is 2.26. The van der Waals surface area contributed by atoms with E-state index >= 15 is 0 Å². The number of halogens is 1. The maximum Gasteiger partial charge on any atom is 0.195 e. The number of aromatic nitrogens is 2. The summed E-state index contributed by atoms with van der Waals surface area (Å²) < 4.78 is 4.76. The van der Waals surface area contributed by atoms with Gasteiger partial charge in [-0.05, 0) is 58.8 Å². The lowest BCUT2D eigenvalue weighted by Gasteiger charge is -1.97. The minimum absolute atomic E-state index is 1.04. The van der Waals surface area contributed by atoms with Crippen molar-refractivity contribution < 1.29 is 0 Å². The van der Waals surface area contributed by atoms with Crippen LogP contribution >= 0.6 is 33.9 Å². The molecular weight excluding hydrogens is 391 g/mol. The van der Waals surface area contributed by atoms with Gasteiger partial charge < -0.3 is 0 Å². The molecule has 0 aliphatic heterocycles. The molecule has 0 aliphatic rings. The van der Waals surface area contributed by atoms with Crippen molar-refractivity contribution in [1.82, 2.24) is 9.38 Å². The van der Waals surface area contributed by atoms with E-state index in [2.05, 4.69) is 82.6 Å². The van der Waals surface area contributed by atoms with Gasteiger partial charge in [0.05, 0.1) is 15.9 Å². The summed E-state index contributed by atoms with van der Waals surface area (Å²) in [6, 6.07) is 15.2. The maximum atomic E-state index is 4.78. The molecular formula is C17H13IN2S. The van der Waals surface area contributed by atoms with Crippen LogP contribution in [0.15, 0.2) is 48.7 Å². The SMILES string of the molecule is CCc1ccc2c(c1)sc1nc(-c3ccc(I)cc3)cn12. The Bertz CT molecular complexity index is 935. The second kappa shape index (κ2) is 5.10. The first kappa shape index (κ1) is 13.3. The van der Waals surface area contributed by atoms with E-state index in [1.807, 2.05) is 0 Å². The number of hydrogen-bond donors (Lipinski definition) is 0. The van der Waals surface area contributed by atoms with Crippen molar-refractivity contribution in [3.63, 3.8) is 0 Å². The van der Waals surface area contributed by atoms with Crippen LogP contribution in [0, 0.1) is 3.57 Å². The molecule has 2 aromatic carbocycles. The normalized spacial score (nSPS) is 11.5. The fraction of sp³-hybridized carbons (Fsp3) is 0.118. The van der Waals surface area contributed by atoms with Gasteiger partial charge in [0, 0.05) is 15.3 Å². The third-order valence-corrected chi connectivity index (χ3v) is 5.44. The lowest BCUT2D eigenvalue weighted by molar-refractivity contribution is 1.14. The van der Waals surface area contributed by atoms with E-state index in [4.69, 9.17) is 4.98 Å². The second-order valence-electron chi connectivity index (χ2n) is 5.04. The fourth-order valence-electron chi connectivity index (χ4n) is 2.53. The van der Waals surface area contributed by atoms with Crippen molar-refractivity contribution in [2.45, 2.75) is 13.3 Å². The molecule has 2 heterocycles. The number of benzene rings is 2. The minimum atomic E-state index is 1.04. The number of fused-ring (bicyclic) bond motifs is 3. The quantitative estimate of drug-likeness (QED) is 0.410. The van der Waals surface area contributed by atoms with Gasteiger partial charge in [-0.15, -0.1) is 0 Å². The predicted molar refractivity (Wildman–Crippen MR) is 98.1 cm³/mol. The zero-order chi connectivity index (χ0) is 14.4. The van der Waals surface area contributed by atoms with Crippen LogP contribution in [0.5, 0.6) is 0 Å². The Morgan fingerprint density at radius 1 is 1.14 bits per heavy atom. The maximum absolute atomic E-state index is 4.78. The Morgan fingerprint density at radius 2 is 1.95 bits per heavy atom. The van der Waals surface area contributed by atoms with Crippen molar-refractivity contribution in [3.8, 4) is 11.3 Å². The Kier molecular flexibility index (Phi) is 3.23. The number of thiazole rings is 1. The summed E-state index contributed by atoms with van der Waals surface area (Å²) in [5.74, 6) is 0. The summed E-state index contributed by atoms with van der Waals surface area (Å²) in [4.78, 5) is 5.85. The van der Waals surface area contributed by atoms with Gasteiger partial charge in [-0.2, -0.15) is 0 Å². The summed E-state index contributed by atoms with van der Waals surface area (Å²) in [6.45, 7) is 2.19. The Hall–Kier alpha value is -1.40. The van der Waals surface area contributed by atoms with Crippen molar-refractivity contribution in [2.75, 3.05) is 0 Å². The van der Waals surface area contributed by atoms with Crippen molar-refractivity contribution in [3.05, 3.63) is 57.8 Å². The molecule has 0 amide bonds. The molecule has 2 nitrogen and oxygen atoms in total. The van der Waals surface area contributed by atoms with E-state index in [0.29, 0.717) is 0 Å². The van der Waals surface area contributed by atoms with Gasteiger partial charge in [-0.25, -0.2) is 4.98 Å². The summed E-state index contributed by atoms with van der Waals surface area (Å²) in [5.41, 5.74) is 4.84. The van der Waals surface area contributed by atoms with E-state index in [9.17, 15) is 0 Å². The molecule has 0 saturated heterocycles. The van der Waals surface area contributed by atoms with Crippen molar-refractivity contribution >= 4 is 49.1 Å². The van der Waals surface area contributed by atoms with Gasteiger partial charge in [0.15, 0.2) is 4.96 Å². The van der Waals surface area contributed by atoms with Crippen LogP contribution in [0.4, 0.5) is 0 Å². The van der Waals surface area contributed by atoms with Gasteiger partial charge in [0.1, 0.15) is 0 Å². The van der Waals surface area contributed by atoms with E-state index < -0.39 is 0 Å². The summed E-state index contributed by atoms with van der Waals surface area (Å²) in [6.07, 6.45) is 3.21. The molecule has 4 rings (SSSR count). The van der Waals surface area contributed by atoms with E-state index in [1.165, 1.54) is 24.9 Å². The number of aryl methyl sites for hydroxylation is 1. The van der Waals surface area contributed by atoms with E-state index in [-0.39, 0.29) is 0 Å². The average molecular weight is 404 g/mol. The van der Waals surface area contributed by atoms with Crippen LogP contribution in [-0.2, 0) is 6.42 Å². The first-order chi connectivity index (χ1) is 10.2. The van der Waals surface area contributed by atoms with Crippen LogP contribution < -0.4 is 0 Å². The summed E-state index contributed by atoms with van der Waals surface area (Å²) in [7, 11) is 0. The Morgan fingerprint density at radius 3 is 2.71 bits per heavy atom. The third-order valence-electron chi connectivity index (χ3n) is 3.71. The molecule has 0 bridgehead atoms. The van der Waals surface area contributed by atoms with Gasteiger partial charge in [0.25, 0.3) is 0 Å². The molecule has 0 N–H and O–H groups in total. The number of nitrogens with zero attached hydrogens (tertiary/aromatic N) is 2. The standard InChI is InChI=1S/C17H13IN2S/c1-2-11-3-8-15-16(9-11)21-17-19-14(10-20(15)17)12-4-6-13(18)7-5-12/h3-10H,2H2,1H3. The second-order valence-corrected chi connectivity index (χ2v) is 7.30. The molecule has 0 unspecified atom stereocenters. The first-order valence-corrected chi connectivity index (χ1v) is 8.80. The molecule has 4 aromatic rings. The molecule has 0 fully saturated rings. The number of rotatable bonds is 2. The molecule has 0 radical (unpaired) electrons. The highest BCUT2D eigenvalue weighted by Crippen LogP contribution is 2.30. The van der Waals surface area contributed by atoms with Gasteiger partial charge in [-0.3, -0.25) is 4.40 Å². The molecule has 0 atom stereocenters. The van der Waals surface area contributed by atoms with Crippen LogP contribution in [0.1, 0.15) is 12.5 Å². The van der Waals surface area contributed by atoms with Gasteiger partial charge in [-0.1, -0.05) is 36.5 Å². The zero-order valence-electron chi connectivity index (χ0n) is 11.5. The molecule has 0 saturated carbocycles. The lowest BCUT2D eigenvalue weighted by Crippen LogP contribution is -1.81. The molecule has 4 heteroatoms. The Balaban J connectivity index is 1.88. The van der Waals surface area contributed by atoms with Crippen molar-refractivity contribution in [2.24, 2.45) is 0 Å². The topological polar surface area (TPSA) is 17.3 Å². The minimum Gasteiger partial charge on any atom is -0.290 e. The fourth-order valence-corrected chi connectivity index (χ4v) is 3.96. The molecule has 104 valence electrons. The monoisotopic (exact) mass is 404 g/mol. The van der Waals surface area contributed by atoms with Gasteiger partial charge >= 0.3 is 0 Å². The van der Waals surface area contributed by atoms with Gasteiger partial charge in [0.2, 0.25) is 0 Å². The summed E-state index contributed by atoms with van der Waals surface area (Å²) in [5, 5.41) is 0. The number of hydrogen-bond acceptors (Lipinski definition) is 2. The predicted octanol–water partition coefficient (Wildman–Crippen LogP) is 5.38. The van der Waals surface area contributed by atoms with Crippen molar-refractivity contribution in [1.29, 1.82) is 0 Å². The summed E-state index contributed by atoms with van der Waals surface area (Å²) >= 11 is 4.08. The molecule has 21 heavy (non-hydrogen) atoms. The van der Waals surface area contributed by atoms with E-state index in [1.54, 1.807) is 11.3 Å². The molecule has 0 spiro atoms. The average Bonchev–Trinajstić information content (AvgIpc) is 3.04. The van der Waals surface area contributed by atoms with Crippen LogP contribution in [-0.4, -0.2) is 9.38 Å². The van der Waals surface area contributed by atoms with E-state index in [0.717, 1.165) is 17.1 Å². The first-order valence-electron chi connectivity index (χ1n) is 6.91. The number of imidazole rings is 1. The molecule has 0 aliphatic carbocycles. The highest BCUT2D eigenvalue weighted by molar-refractivity contribution is 14.1. The highest BCUT2D eigenvalue weighted by Gasteiger charge is 2.10. The Labute approximate surface area is 140 Å². The zero-order valence-corrected chi connectivity index (χ0v) is 14.5. The van der Waals surface area contributed by atoms with Crippen LogP contribution in [0.3, 0.4) is 0 Å². The smallest absolute Gasteiger partial charge is 0.195 e.